The number of aromatic nitrogens is 6. The van der Waals surface area contributed by atoms with Gasteiger partial charge >= 0.3 is 0 Å². The van der Waals surface area contributed by atoms with Crippen LogP contribution in [-0.4, -0.2) is 35.7 Å². The highest BCUT2D eigenvalue weighted by Crippen LogP contribution is 2.10. The van der Waals surface area contributed by atoms with Crippen molar-refractivity contribution in [2.45, 2.75) is 13.5 Å². The van der Waals surface area contributed by atoms with Crippen molar-refractivity contribution in [2.24, 2.45) is 0 Å². The Morgan fingerprint density at radius 2 is 2.10 bits per heavy atom. The quantitative estimate of drug-likeness (QED) is 0.775. The molecule has 0 aliphatic rings. The van der Waals surface area contributed by atoms with Gasteiger partial charge in [-0.25, -0.2) is 4.98 Å². The summed E-state index contributed by atoms with van der Waals surface area (Å²) >= 11 is 0. The van der Waals surface area contributed by atoms with Crippen LogP contribution < -0.4 is 5.32 Å². The second-order valence-corrected chi connectivity index (χ2v) is 4.27. The molecule has 0 saturated heterocycles. The maximum absolute atomic E-state index is 12.1. The molecule has 1 amide bonds. The summed E-state index contributed by atoms with van der Waals surface area (Å²) in [5.74, 6) is -0.0802. The van der Waals surface area contributed by atoms with E-state index < -0.39 is 0 Å². The summed E-state index contributed by atoms with van der Waals surface area (Å²) in [7, 11) is 0. The fraction of sp³-hybridized carbons (Fsp3) is 0.154. The molecule has 3 aromatic rings. The van der Waals surface area contributed by atoms with Gasteiger partial charge in [-0.1, -0.05) is 5.10 Å². The summed E-state index contributed by atoms with van der Waals surface area (Å²) in [4.78, 5) is 17.4. The molecule has 2 aromatic heterocycles. The topological polar surface area (TPSA) is 90.5 Å². The van der Waals surface area contributed by atoms with Crippen LogP contribution in [0.4, 0.5) is 5.95 Å². The lowest BCUT2D eigenvalue weighted by Gasteiger charge is -2.04. The van der Waals surface area contributed by atoms with Crippen LogP contribution >= 0.6 is 0 Å². The molecule has 0 saturated carbocycles. The number of benzene rings is 1. The SMILES string of the molecule is CCn1nnc(NC(=O)c2ccc(-n3ccnc3)cc2)n1. The fourth-order valence-electron chi connectivity index (χ4n) is 1.80. The Labute approximate surface area is 120 Å². The number of tetrazole rings is 1. The second-order valence-electron chi connectivity index (χ2n) is 4.27. The monoisotopic (exact) mass is 283 g/mol. The molecule has 106 valence electrons. The first-order chi connectivity index (χ1) is 10.3. The van der Waals surface area contributed by atoms with E-state index in [0.717, 1.165) is 5.69 Å². The summed E-state index contributed by atoms with van der Waals surface area (Å²) < 4.78 is 1.86. The first-order valence-corrected chi connectivity index (χ1v) is 6.44. The number of rotatable bonds is 4. The number of hydrogen-bond acceptors (Lipinski definition) is 5. The van der Waals surface area contributed by atoms with Crippen LogP contribution in [0.2, 0.25) is 0 Å². The van der Waals surface area contributed by atoms with Crippen LogP contribution in [0, 0.1) is 0 Å². The summed E-state index contributed by atoms with van der Waals surface area (Å²) in [6.07, 6.45) is 5.23. The molecule has 1 aromatic carbocycles. The van der Waals surface area contributed by atoms with Crippen molar-refractivity contribution < 1.29 is 4.79 Å². The van der Waals surface area contributed by atoms with Crippen molar-refractivity contribution in [1.29, 1.82) is 0 Å². The molecule has 0 bridgehead atoms. The third-order valence-corrected chi connectivity index (χ3v) is 2.89. The highest BCUT2D eigenvalue weighted by atomic mass is 16.1. The number of amides is 1. The smallest absolute Gasteiger partial charge is 0.270 e. The van der Waals surface area contributed by atoms with Crippen LogP contribution in [0.1, 0.15) is 17.3 Å². The molecule has 0 spiro atoms. The lowest BCUT2D eigenvalue weighted by molar-refractivity contribution is 0.102. The van der Waals surface area contributed by atoms with E-state index in [1.165, 1.54) is 4.80 Å². The molecule has 2 heterocycles. The molecule has 0 unspecified atom stereocenters. The van der Waals surface area contributed by atoms with E-state index >= 15 is 0 Å². The molecule has 8 heteroatoms. The molecular formula is C13H13N7O. The van der Waals surface area contributed by atoms with Crippen molar-refractivity contribution in [2.75, 3.05) is 5.32 Å². The highest BCUT2D eigenvalue weighted by molar-refractivity contribution is 6.03. The van der Waals surface area contributed by atoms with Gasteiger partial charge in [0.2, 0.25) is 0 Å². The number of imidazole rings is 1. The zero-order chi connectivity index (χ0) is 14.7. The van der Waals surface area contributed by atoms with Crippen molar-refractivity contribution in [1.82, 2.24) is 29.8 Å². The lowest BCUT2D eigenvalue weighted by Crippen LogP contribution is -2.13. The van der Waals surface area contributed by atoms with Crippen molar-refractivity contribution in [3.8, 4) is 5.69 Å². The molecule has 0 fully saturated rings. The maximum Gasteiger partial charge on any atom is 0.270 e. The zero-order valence-electron chi connectivity index (χ0n) is 11.3. The lowest BCUT2D eigenvalue weighted by atomic mass is 10.2. The van der Waals surface area contributed by atoms with Gasteiger partial charge in [0, 0.05) is 23.6 Å². The fourth-order valence-corrected chi connectivity index (χ4v) is 1.80. The molecule has 21 heavy (non-hydrogen) atoms. The molecule has 8 nitrogen and oxygen atoms in total. The summed E-state index contributed by atoms with van der Waals surface area (Å²) in [6.45, 7) is 2.49. The van der Waals surface area contributed by atoms with Crippen LogP contribution in [-0.2, 0) is 6.54 Å². The van der Waals surface area contributed by atoms with E-state index in [1.807, 2.05) is 29.8 Å². The first kappa shape index (κ1) is 13.0. The Morgan fingerprint density at radius 1 is 1.29 bits per heavy atom. The molecule has 3 rings (SSSR count). The van der Waals surface area contributed by atoms with Gasteiger partial charge in [-0.15, -0.1) is 5.10 Å². The van der Waals surface area contributed by atoms with E-state index in [-0.39, 0.29) is 11.9 Å². The van der Waals surface area contributed by atoms with Crippen LogP contribution in [0.15, 0.2) is 43.0 Å². The Kier molecular flexibility index (Phi) is 3.42. The van der Waals surface area contributed by atoms with Crippen molar-refractivity contribution >= 4 is 11.9 Å². The molecule has 0 aliphatic heterocycles. The molecule has 0 aliphatic carbocycles. The molecule has 0 atom stereocenters. The maximum atomic E-state index is 12.1. The average molecular weight is 283 g/mol. The third-order valence-electron chi connectivity index (χ3n) is 2.89. The van der Waals surface area contributed by atoms with E-state index in [1.54, 1.807) is 24.7 Å². The number of nitrogens with zero attached hydrogens (tertiary/aromatic N) is 6. The zero-order valence-corrected chi connectivity index (χ0v) is 11.3. The summed E-state index contributed by atoms with van der Waals surface area (Å²) in [6, 6.07) is 7.14. The molecule has 1 N–H and O–H groups in total. The largest absolute Gasteiger partial charge is 0.306 e. The van der Waals surface area contributed by atoms with E-state index in [0.29, 0.717) is 12.1 Å². The van der Waals surface area contributed by atoms with Crippen molar-refractivity contribution in [3.63, 3.8) is 0 Å². The van der Waals surface area contributed by atoms with Gasteiger partial charge < -0.3 is 4.57 Å². The summed E-state index contributed by atoms with van der Waals surface area (Å²) in [5, 5.41) is 14.1. The van der Waals surface area contributed by atoms with Gasteiger partial charge in [-0.2, -0.15) is 4.80 Å². The van der Waals surface area contributed by atoms with Crippen LogP contribution in [0.3, 0.4) is 0 Å². The minimum absolute atomic E-state index is 0.195. The van der Waals surface area contributed by atoms with E-state index in [2.05, 4.69) is 25.7 Å². The van der Waals surface area contributed by atoms with Gasteiger partial charge in [0.05, 0.1) is 12.9 Å². The highest BCUT2D eigenvalue weighted by Gasteiger charge is 2.09. The Morgan fingerprint density at radius 3 is 2.71 bits per heavy atom. The van der Waals surface area contributed by atoms with Gasteiger partial charge in [-0.3, -0.25) is 10.1 Å². The van der Waals surface area contributed by atoms with Crippen LogP contribution in [0.25, 0.3) is 5.69 Å². The Balaban J connectivity index is 1.73. The molecular weight excluding hydrogens is 270 g/mol. The van der Waals surface area contributed by atoms with E-state index in [4.69, 9.17) is 0 Å². The average Bonchev–Trinajstić information content (AvgIpc) is 3.19. The Bertz CT molecular complexity index is 730. The predicted molar refractivity (Wildman–Crippen MR) is 75.0 cm³/mol. The van der Waals surface area contributed by atoms with Gasteiger partial charge in [0.15, 0.2) is 0 Å². The number of aryl methyl sites for hydroxylation is 1. The normalized spacial score (nSPS) is 10.5. The van der Waals surface area contributed by atoms with Gasteiger partial charge in [0.25, 0.3) is 11.9 Å². The van der Waals surface area contributed by atoms with Crippen molar-refractivity contribution in [3.05, 3.63) is 48.5 Å². The minimum atomic E-state index is -0.275. The first-order valence-electron chi connectivity index (χ1n) is 6.44. The van der Waals surface area contributed by atoms with Gasteiger partial charge in [-0.05, 0) is 36.4 Å². The standard InChI is InChI=1S/C13H13N7O/c1-2-20-17-13(16-18-20)15-12(21)10-3-5-11(6-4-10)19-8-7-14-9-19/h3-9H,2H2,1H3,(H,15,17,21). The number of nitrogens with one attached hydrogen (secondary N) is 1. The number of anilines is 1. The number of carbonyl (C=O) groups is 1. The molecule has 0 radical (unpaired) electrons. The van der Waals surface area contributed by atoms with Gasteiger partial charge in [0.1, 0.15) is 0 Å². The second kappa shape index (κ2) is 5.53. The number of hydrogen-bond donors (Lipinski definition) is 1. The van der Waals surface area contributed by atoms with Crippen LogP contribution in [0.5, 0.6) is 0 Å². The third kappa shape index (κ3) is 2.78. The minimum Gasteiger partial charge on any atom is -0.306 e. The predicted octanol–water partition coefficient (Wildman–Crippen LogP) is 1.13. The summed E-state index contributed by atoms with van der Waals surface area (Å²) in [5.41, 5.74) is 1.45. The number of carbonyl (C=O) groups excluding carboxylic acids is 1. The van der Waals surface area contributed by atoms with E-state index in [9.17, 15) is 4.79 Å². The Hall–Kier alpha value is -3.03.